The minimum atomic E-state index is 0.127. The van der Waals surface area contributed by atoms with E-state index in [1.54, 1.807) is 7.11 Å². The highest BCUT2D eigenvalue weighted by molar-refractivity contribution is 5.74. The number of fused-ring (bicyclic) bond motifs is 1. The normalized spacial score (nSPS) is 15.5. The van der Waals surface area contributed by atoms with Crippen LogP contribution in [-0.4, -0.2) is 13.2 Å². The number of para-hydroxylation sites is 1. The molecule has 1 aliphatic rings. The van der Waals surface area contributed by atoms with Crippen molar-refractivity contribution < 1.29 is 9.47 Å². The van der Waals surface area contributed by atoms with Crippen LogP contribution in [0.2, 0.25) is 0 Å². The molecule has 0 fully saturated rings. The van der Waals surface area contributed by atoms with E-state index in [4.69, 9.17) is 9.47 Å². The second-order valence-corrected chi connectivity index (χ2v) is 6.31. The SMILES string of the molecule is COc1cccc(-c2cccc3c2OC([CH]Cc2ccccc2)C3)c1. The molecule has 0 bridgehead atoms. The van der Waals surface area contributed by atoms with E-state index in [1.807, 2.05) is 18.2 Å². The van der Waals surface area contributed by atoms with Crippen LogP contribution < -0.4 is 9.47 Å². The van der Waals surface area contributed by atoms with Crippen molar-refractivity contribution in [1.29, 1.82) is 0 Å². The maximum Gasteiger partial charge on any atom is 0.130 e. The van der Waals surface area contributed by atoms with Crippen LogP contribution in [0.3, 0.4) is 0 Å². The Labute approximate surface area is 149 Å². The summed E-state index contributed by atoms with van der Waals surface area (Å²) in [6, 6.07) is 25.0. The zero-order chi connectivity index (χ0) is 17.1. The highest BCUT2D eigenvalue weighted by Crippen LogP contribution is 2.40. The molecule has 0 saturated heterocycles. The Balaban J connectivity index is 1.53. The topological polar surface area (TPSA) is 18.5 Å². The second-order valence-electron chi connectivity index (χ2n) is 6.31. The van der Waals surface area contributed by atoms with Gasteiger partial charge in [0.05, 0.1) is 7.11 Å². The molecular weight excluding hydrogens is 308 g/mol. The fourth-order valence-electron chi connectivity index (χ4n) is 3.33. The molecule has 25 heavy (non-hydrogen) atoms. The summed E-state index contributed by atoms with van der Waals surface area (Å²) >= 11 is 0. The smallest absolute Gasteiger partial charge is 0.130 e. The van der Waals surface area contributed by atoms with Crippen LogP contribution in [0.15, 0.2) is 72.8 Å². The van der Waals surface area contributed by atoms with Gasteiger partial charge in [-0.1, -0.05) is 60.7 Å². The molecule has 1 radical (unpaired) electrons. The van der Waals surface area contributed by atoms with Crippen LogP contribution in [0, 0.1) is 6.42 Å². The van der Waals surface area contributed by atoms with E-state index in [9.17, 15) is 0 Å². The highest BCUT2D eigenvalue weighted by Gasteiger charge is 2.25. The predicted molar refractivity (Wildman–Crippen MR) is 101 cm³/mol. The van der Waals surface area contributed by atoms with Gasteiger partial charge < -0.3 is 9.47 Å². The van der Waals surface area contributed by atoms with Crippen molar-refractivity contribution in [2.24, 2.45) is 0 Å². The van der Waals surface area contributed by atoms with Gasteiger partial charge in [0.25, 0.3) is 0 Å². The first-order valence-corrected chi connectivity index (χ1v) is 8.64. The van der Waals surface area contributed by atoms with Crippen molar-refractivity contribution >= 4 is 0 Å². The lowest BCUT2D eigenvalue weighted by atomic mass is 9.99. The maximum atomic E-state index is 6.29. The predicted octanol–water partition coefficient (Wildman–Crippen LogP) is 5.11. The van der Waals surface area contributed by atoms with Crippen molar-refractivity contribution in [2.75, 3.05) is 7.11 Å². The minimum Gasteiger partial charge on any atom is -0.497 e. The number of benzene rings is 3. The standard InChI is InChI=1S/C23H21O2/c1-24-20-11-5-9-18(15-20)22-12-6-10-19-16-21(25-23(19)22)14-13-17-7-3-2-4-8-17/h2-12,14-15,21H,13,16H2,1H3. The zero-order valence-corrected chi connectivity index (χ0v) is 14.3. The molecule has 3 aromatic carbocycles. The van der Waals surface area contributed by atoms with E-state index in [-0.39, 0.29) is 6.10 Å². The largest absolute Gasteiger partial charge is 0.497 e. The molecule has 0 saturated carbocycles. The van der Waals surface area contributed by atoms with Gasteiger partial charge in [0, 0.05) is 18.4 Å². The van der Waals surface area contributed by atoms with Gasteiger partial charge in [-0.15, -0.1) is 0 Å². The van der Waals surface area contributed by atoms with E-state index < -0.39 is 0 Å². The van der Waals surface area contributed by atoms with E-state index in [0.29, 0.717) is 0 Å². The van der Waals surface area contributed by atoms with Gasteiger partial charge in [-0.2, -0.15) is 0 Å². The van der Waals surface area contributed by atoms with Gasteiger partial charge in [-0.25, -0.2) is 0 Å². The number of ether oxygens (including phenoxy) is 2. The van der Waals surface area contributed by atoms with Crippen molar-refractivity contribution in [3.63, 3.8) is 0 Å². The van der Waals surface area contributed by atoms with Crippen molar-refractivity contribution in [1.82, 2.24) is 0 Å². The van der Waals surface area contributed by atoms with Gasteiger partial charge in [0.1, 0.15) is 17.6 Å². The average molecular weight is 329 g/mol. The summed E-state index contributed by atoms with van der Waals surface area (Å²) in [5, 5.41) is 0. The Kier molecular flexibility index (Phi) is 4.43. The second kappa shape index (κ2) is 7.02. The highest BCUT2D eigenvalue weighted by atomic mass is 16.5. The third-order valence-electron chi connectivity index (χ3n) is 4.63. The summed E-state index contributed by atoms with van der Waals surface area (Å²) < 4.78 is 11.6. The van der Waals surface area contributed by atoms with Crippen LogP contribution in [0.25, 0.3) is 11.1 Å². The van der Waals surface area contributed by atoms with Gasteiger partial charge in [0.2, 0.25) is 0 Å². The molecule has 0 spiro atoms. The lowest BCUT2D eigenvalue weighted by molar-refractivity contribution is 0.264. The summed E-state index contributed by atoms with van der Waals surface area (Å²) in [6.07, 6.45) is 4.25. The Morgan fingerprint density at radius 2 is 1.84 bits per heavy atom. The summed E-state index contributed by atoms with van der Waals surface area (Å²) in [4.78, 5) is 0. The minimum absolute atomic E-state index is 0.127. The first-order chi connectivity index (χ1) is 12.3. The Hall–Kier alpha value is -2.74. The molecule has 0 amide bonds. The molecule has 1 aliphatic heterocycles. The molecule has 1 unspecified atom stereocenters. The van der Waals surface area contributed by atoms with Crippen LogP contribution in [0.1, 0.15) is 11.1 Å². The van der Waals surface area contributed by atoms with E-state index >= 15 is 0 Å². The van der Waals surface area contributed by atoms with Gasteiger partial charge >= 0.3 is 0 Å². The van der Waals surface area contributed by atoms with Crippen LogP contribution in [-0.2, 0) is 12.8 Å². The summed E-state index contributed by atoms with van der Waals surface area (Å²) in [6.45, 7) is 0. The number of rotatable bonds is 5. The van der Waals surface area contributed by atoms with E-state index in [1.165, 1.54) is 11.1 Å². The molecule has 0 N–H and O–H groups in total. The molecule has 0 aliphatic carbocycles. The number of methoxy groups -OCH3 is 1. The average Bonchev–Trinajstić information content (AvgIpc) is 3.10. The van der Waals surface area contributed by atoms with Gasteiger partial charge in [-0.3, -0.25) is 0 Å². The van der Waals surface area contributed by atoms with Crippen molar-refractivity contribution in [3.8, 4) is 22.6 Å². The summed E-state index contributed by atoms with van der Waals surface area (Å²) in [7, 11) is 1.69. The van der Waals surface area contributed by atoms with E-state index in [0.717, 1.165) is 35.5 Å². The molecule has 3 aromatic rings. The first kappa shape index (κ1) is 15.8. The molecule has 1 heterocycles. The summed E-state index contributed by atoms with van der Waals surface area (Å²) in [5.74, 6) is 1.87. The van der Waals surface area contributed by atoms with Crippen LogP contribution in [0.5, 0.6) is 11.5 Å². The monoisotopic (exact) mass is 329 g/mol. The van der Waals surface area contributed by atoms with Gasteiger partial charge in [0.15, 0.2) is 0 Å². The molecular formula is C23H21O2. The fourth-order valence-corrected chi connectivity index (χ4v) is 3.33. The van der Waals surface area contributed by atoms with Crippen molar-refractivity contribution in [2.45, 2.75) is 18.9 Å². The molecule has 4 rings (SSSR count). The van der Waals surface area contributed by atoms with Crippen LogP contribution >= 0.6 is 0 Å². The summed E-state index contributed by atoms with van der Waals surface area (Å²) in [5.41, 5.74) is 4.84. The first-order valence-electron chi connectivity index (χ1n) is 8.64. The zero-order valence-electron chi connectivity index (χ0n) is 14.3. The van der Waals surface area contributed by atoms with Gasteiger partial charge in [-0.05, 0) is 35.2 Å². The lowest BCUT2D eigenvalue weighted by Gasteiger charge is -2.13. The molecule has 0 aromatic heterocycles. The number of hydrogen-bond donors (Lipinski definition) is 0. The quantitative estimate of drug-likeness (QED) is 0.647. The third kappa shape index (κ3) is 3.39. The molecule has 1 atom stereocenters. The lowest BCUT2D eigenvalue weighted by Crippen LogP contribution is -2.14. The molecule has 125 valence electrons. The molecule has 2 nitrogen and oxygen atoms in total. The van der Waals surface area contributed by atoms with E-state index in [2.05, 4.69) is 61.0 Å². The molecule has 2 heteroatoms. The third-order valence-corrected chi connectivity index (χ3v) is 4.63. The Morgan fingerprint density at radius 1 is 1.00 bits per heavy atom. The van der Waals surface area contributed by atoms with Crippen molar-refractivity contribution in [3.05, 3.63) is 90.3 Å². The Morgan fingerprint density at radius 3 is 2.68 bits per heavy atom. The maximum absolute atomic E-state index is 6.29. The number of hydrogen-bond acceptors (Lipinski definition) is 2. The Bertz CT molecular complexity index is 855. The fraction of sp³-hybridized carbons (Fsp3) is 0.174. The van der Waals surface area contributed by atoms with Crippen LogP contribution in [0.4, 0.5) is 0 Å².